The van der Waals surface area contributed by atoms with Crippen molar-refractivity contribution in [3.8, 4) is 11.5 Å². The lowest BCUT2D eigenvalue weighted by Crippen LogP contribution is -2.32. The third-order valence-corrected chi connectivity index (χ3v) is 8.64. The largest absolute Gasteiger partial charge is 0.493 e. The van der Waals surface area contributed by atoms with Crippen LogP contribution in [0.1, 0.15) is 32.7 Å². The first-order valence-electron chi connectivity index (χ1n) is 16.2. The van der Waals surface area contributed by atoms with Crippen LogP contribution in [-0.2, 0) is 33.7 Å². The van der Waals surface area contributed by atoms with Crippen LogP contribution in [0.5, 0.6) is 11.5 Å². The molecule has 2 heterocycles. The Hall–Kier alpha value is -5.94. The van der Waals surface area contributed by atoms with E-state index < -0.39 is 5.91 Å². The molecule has 0 saturated carbocycles. The zero-order chi connectivity index (χ0) is 35.0. The summed E-state index contributed by atoms with van der Waals surface area (Å²) in [6.45, 7) is 2.77. The lowest BCUT2D eigenvalue weighted by Gasteiger charge is -2.29. The molecule has 11 heteroatoms. The van der Waals surface area contributed by atoms with Crippen LogP contribution in [0.25, 0.3) is 16.6 Å². The number of hydrogen-bond donors (Lipinski definition) is 2. The molecular formula is C39H39N5O6. The predicted molar refractivity (Wildman–Crippen MR) is 192 cm³/mol. The molecule has 6 rings (SSSR count). The van der Waals surface area contributed by atoms with Gasteiger partial charge in [-0.3, -0.25) is 19.5 Å². The molecule has 2 N–H and O–H groups in total. The number of nitrogens with one attached hydrogen (secondary N) is 2. The number of fused-ring (bicyclic) bond motifs is 2. The van der Waals surface area contributed by atoms with Crippen LogP contribution in [0.3, 0.4) is 0 Å². The fourth-order valence-corrected chi connectivity index (χ4v) is 5.95. The maximum atomic E-state index is 13.4. The minimum absolute atomic E-state index is 0.00575. The zero-order valence-electron chi connectivity index (χ0n) is 28.5. The molecule has 0 bridgehead atoms. The molecule has 2 amide bonds. The SMILES string of the molecule is COC(OC)=C(C(=O)Nc1ccc(C(=O)Nc2ccc(CCN3CCc4cc(OC)c(OC)cc4C3)cc2)cc1)c1cnc2ccccc2n1. The zero-order valence-corrected chi connectivity index (χ0v) is 28.5. The Morgan fingerprint density at radius 2 is 1.42 bits per heavy atom. The van der Waals surface area contributed by atoms with E-state index in [0.29, 0.717) is 33.7 Å². The molecule has 5 aromatic rings. The third-order valence-electron chi connectivity index (χ3n) is 8.64. The van der Waals surface area contributed by atoms with Crippen molar-refractivity contribution in [3.05, 3.63) is 125 Å². The second-order valence-corrected chi connectivity index (χ2v) is 11.7. The molecule has 0 fully saturated rings. The van der Waals surface area contributed by atoms with Crippen molar-refractivity contribution in [2.24, 2.45) is 0 Å². The van der Waals surface area contributed by atoms with Gasteiger partial charge in [-0.2, -0.15) is 0 Å². The Kier molecular flexibility index (Phi) is 10.5. The Morgan fingerprint density at radius 1 is 0.780 bits per heavy atom. The lowest BCUT2D eigenvalue weighted by molar-refractivity contribution is -0.111. The van der Waals surface area contributed by atoms with Gasteiger partial charge in [0.1, 0.15) is 11.3 Å². The second-order valence-electron chi connectivity index (χ2n) is 11.7. The van der Waals surface area contributed by atoms with Gasteiger partial charge in [0.05, 0.1) is 45.7 Å². The average Bonchev–Trinajstić information content (AvgIpc) is 3.15. The molecule has 1 aliphatic rings. The van der Waals surface area contributed by atoms with Crippen molar-refractivity contribution in [1.29, 1.82) is 0 Å². The summed E-state index contributed by atoms with van der Waals surface area (Å²) in [4.78, 5) is 37.9. The van der Waals surface area contributed by atoms with E-state index in [0.717, 1.165) is 44.0 Å². The van der Waals surface area contributed by atoms with Crippen molar-refractivity contribution in [2.75, 3.05) is 52.2 Å². The number of hydrogen-bond acceptors (Lipinski definition) is 9. The highest BCUT2D eigenvalue weighted by Crippen LogP contribution is 2.33. The van der Waals surface area contributed by atoms with Crippen molar-refractivity contribution < 1.29 is 28.5 Å². The predicted octanol–water partition coefficient (Wildman–Crippen LogP) is 6.10. The maximum absolute atomic E-state index is 13.4. The van der Waals surface area contributed by atoms with E-state index in [9.17, 15) is 9.59 Å². The number of aromatic nitrogens is 2. The van der Waals surface area contributed by atoms with Crippen LogP contribution in [0, 0.1) is 0 Å². The quantitative estimate of drug-likeness (QED) is 0.119. The van der Waals surface area contributed by atoms with Gasteiger partial charge in [0.15, 0.2) is 11.5 Å². The topological polar surface area (TPSA) is 124 Å². The molecule has 0 spiro atoms. The molecule has 11 nitrogen and oxygen atoms in total. The molecule has 1 aromatic heterocycles. The lowest BCUT2D eigenvalue weighted by atomic mass is 9.98. The first kappa shape index (κ1) is 33.9. The first-order chi connectivity index (χ1) is 24.4. The number of carbonyl (C=O) groups is 2. The standard InChI is InChI=1S/C39H39N5O6/c1-47-34-21-27-18-20-44(24-28(27)22-35(34)48-2)19-17-25-9-13-29(14-10-25)41-37(45)26-11-15-30(16-12-26)42-38(46)36(39(49-3)50-4)33-23-40-31-7-5-6-8-32(31)43-33/h5-16,21-23H,17-20,24H2,1-4H3,(H,41,45)(H,42,46). The summed E-state index contributed by atoms with van der Waals surface area (Å²) in [5.74, 6) is 0.757. The van der Waals surface area contributed by atoms with E-state index in [2.05, 4.69) is 37.6 Å². The number of anilines is 2. The first-order valence-corrected chi connectivity index (χ1v) is 16.2. The van der Waals surface area contributed by atoms with Crippen molar-refractivity contribution >= 4 is 39.8 Å². The maximum Gasteiger partial charge on any atom is 0.294 e. The van der Waals surface area contributed by atoms with Crippen molar-refractivity contribution in [2.45, 2.75) is 19.4 Å². The molecule has 0 atom stereocenters. The van der Waals surface area contributed by atoms with Gasteiger partial charge in [-0.25, -0.2) is 4.98 Å². The fourth-order valence-electron chi connectivity index (χ4n) is 5.95. The Morgan fingerprint density at radius 3 is 2.10 bits per heavy atom. The van der Waals surface area contributed by atoms with E-state index in [1.165, 1.54) is 37.1 Å². The molecule has 1 aliphatic heterocycles. The van der Waals surface area contributed by atoms with Crippen LogP contribution < -0.4 is 20.1 Å². The molecule has 0 saturated heterocycles. The monoisotopic (exact) mass is 673 g/mol. The summed E-state index contributed by atoms with van der Waals surface area (Å²) in [5, 5.41) is 5.79. The normalized spacial score (nSPS) is 12.4. The van der Waals surface area contributed by atoms with Crippen molar-refractivity contribution in [3.63, 3.8) is 0 Å². The number of carbonyl (C=O) groups excluding carboxylic acids is 2. The van der Waals surface area contributed by atoms with E-state index in [-0.39, 0.29) is 17.4 Å². The highest BCUT2D eigenvalue weighted by atomic mass is 16.7. The van der Waals surface area contributed by atoms with Gasteiger partial charge < -0.3 is 29.6 Å². The van der Waals surface area contributed by atoms with Crippen molar-refractivity contribution in [1.82, 2.24) is 14.9 Å². The van der Waals surface area contributed by atoms with E-state index in [1.807, 2.05) is 48.5 Å². The number of methoxy groups -OCH3 is 4. The van der Waals surface area contributed by atoms with E-state index in [4.69, 9.17) is 18.9 Å². The summed E-state index contributed by atoms with van der Waals surface area (Å²) in [6, 6.07) is 26.0. The summed E-state index contributed by atoms with van der Waals surface area (Å²) in [6.07, 6.45) is 3.36. The summed E-state index contributed by atoms with van der Waals surface area (Å²) >= 11 is 0. The van der Waals surface area contributed by atoms with E-state index in [1.54, 1.807) is 38.5 Å². The minimum Gasteiger partial charge on any atom is -0.493 e. The molecule has 0 radical (unpaired) electrons. The summed E-state index contributed by atoms with van der Waals surface area (Å²) in [5.41, 5.74) is 7.08. The minimum atomic E-state index is -0.503. The summed E-state index contributed by atoms with van der Waals surface area (Å²) < 4.78 is 21.6. The number of para-hydroxylation sites is 2. The van der Waals surface area contributed by atoms with Gasteiger partial charge in [-0.1, -0.05) is 24.3 Å². The Balaban J connectivity index is 1.04. The van der Waals surface area contributed by atoms with Gasteiger partial charge in [0.2, 0.25) is 0 Å². The van der Waals surface area contributed by atoms with Gasteiger partial charge in [0.25, 0.3) is 17.8 Å². The van der Waals surface area contributed by atoms with Gasteiger partial charge in [0, 0.05) is 36.6 Å². The van der Waals surface area contributed by atoms with Crippen LogP contribution in [0.15, 0.2) is 97.1 Å². The Bertz CT molecular complexity index is 2020. The van der Waals surface area contributed by atoms with E-state index >= 15 is 0 Å². The smallest absolute Gasteiger partial charge is 0.294 e. The number of ether oxygens (including phenoxy) is 4. The molecule has 50 heavy (non-hydrogen) atoms. The van der Waals surface area contributed by atoms with Gasteiger partial charge in [-0.05, 0) is 90.2 Å². The second kappa shape index (κ2) is 15.5. The summed E-state index contributed by atoms with van der Waals surface area (Å²) in [7, 11) is 6.14. The van der Waals surface area contributed by atoms with Crippen LogP contribution in [0.4, 0.5) is 11.4 Å². The Labute approximate surface area is 290 Å². The molecule has 0 unspecified atom stereocenters. The number of benzene rings is 4. The molecule has 4 aromatic carbocycles. The number of rotatable bonds is 12. The van der Waals surface area contributed by atoms with Crippen LogP contribution >= 0.6 is 0 Å². The highest BCUT2D eigenvalue weighted by molar-refractivity contribution is 6.25. The molecular weight excluding hydrogens is 634 g/mol. The number of nitrogens with zero attached hydrogens (tertiary/aromatic N) is 3. The molecule has 0 aliphatic carbocycles. The third kappa shape index (κ3) is 7.68. The van der Waals surface area contributed by atoms with Gasteiger partial charge in [-0.15, -0.1) is 0 Å². The highest BCUT2D eigenvalue weighted by Gasteiger charge is 2.23. The van der Waals surface area contributed by atoms with Gasteiger partial charge >= 0.3 is 0 Å². The number of amides is 2. The van der Waals surface area contributed by atoms with Crippen LogP contribution in [0.2, 0.25) is 0 Å². The average molecular weight is 674 g/mol. The van der Waals surface area contributed by atoms with Crippen LogP contribution in [-0.4, -0.2) is 68.2 Å². The molecule has 256 valence electrons. The fraction of sp³-hybridized carbons (Fsp3) is 0.231.